The fourth-order valence-electron chi connectivity index (χ4n) is 3.12. The number of aromatic amines is 1. The highest BCUT2D eigenvalue weighted by atomic mass is 32.1. The van der Waals surface area contributed by atoms with Crippen LogP contribution in [0.15, 0.2) is 36.4 Å². The average molecular weight is 409 g/mol. The molecule has 9 heteroatoms. The number of thiophene rings is 1. The molecule has 28 heavy (non-hydrogen) atoms. The maximum absolute atomic E-state index is 12.5. The topological polar surface area (TPSA) is 67.0 Å². The molecule has 0 saturated heterocycles. The number of amides is 1. The van der Waals surface area contributed by atoms with Crippen molar-refractivity contribution in [1.29, 1.82) is 0 Å². The van der Waals surface area contributed by atoms with Crippen LogP contribution in [-0.4, -0.2) is 28.7 Å². The molecule has 0 aliphatic heterocycles. The van der Waals surface area contributed by atoms with Crippen LogP contribution in [0, 0.1) is 5.92 Å². The first-order valence-corrected chi connectivity index (χ1v) is 9.66. The molecular weight excluding hydrogens is 391 g/mol. The summed E-state index contributed by atoms with van der Waals surface area (Å²) >= 11 is 1.10. The van der Waals surface area contributed by atoms with E-state index in [4.69, 9.17) is 4.74 Å². The Morgan fingerprint density at radius 2 is 2.14 bits per heavy atom. The molecule has 5 nitrogen and oxygen atoms in total. The number of ether oxygens (including phenoxy) is 1. The summed E-state index contributed by atoms with van der Waals surface area (Å²) in [7, 11) is 0. The lowest BCUT2D eigenvalue weighted by Gasteiger charge is -2.12. The monoisotopic (exact) mass is 409 g/mol. The Bertz CT molecular complexity index is 965. The van der Waals surface area contributed by atoms with Crippen molar-refractivity contribution in [3.63, 3.8) is 0 Å². The zero-order valence-electron chi connectivity index (χ0n) is 14.9. The molecule has 0 bridgehead atoms. The highest BCUT2D eigenvalue weighted by molar-refractivity contribution is 7.13. The van der Waals surface area contributed by atoms with Crippen LogP contribution in [0.1, 0.15) is 36.0 Å². The minimum absolute atomic E-state index is 0.0635. The number of rotatable bonds is 6. The summed E-state index contributed by atoms with van der Waals surface area (Å²) in [4.78, 5) is 21.1. The van der Waals surface area contributed by atoms with Crippen LogP contribution < -0.4 is 10.1 Å². The zero-order valence-corrected chi connectivity index (χ0v) is 15.7. The van der Waals surface area contributed by atoms with Crippen LogP contribution in [0.2, 0.25) is 0 Å². The minimum atomic E-state index is -4.37. The number of hydrogen-bond acceptors (Lipinski definition) is 4. The van der Waals surface area contributed by atoms with Crippen molar-refractivity contribution in [2.75, 3.05) is 6.61 Å². The van der Waals surface area contributed by atoms with Crippen molar-refractivity contribution in [1.82, 2.24) is 15.3 Å². The third-order valence-electron chi connectivity index (χ3n) is 4.65. The fraction of sp³-hybridized carbons (Fsp3) is 0.368. The molecule has 3 atom stereocenters. The van der Waals surface area contributed by atoms with E-state index in [2.05, 4.69) is 15.3 Å². The summed E-state index contributed by atoms with van der Waals surface area (Å²) < 4.78 is 41.4. The number of nitrogens with one attached hydrogen (secondary N) is 2. The molecule has 2 aromatic heterocycles. The van der Waals surface area contributed by atoms with Gasteiger partial charge in [0.2, 0.25) is 5.91 Å². The number of para-hydroxylation sites is 2. The van der Waals surface area contributed by atoms with Crippen LogP contribution in [0.5, 0.6) is 5.06 Å². The van der Waals surface area contributed by atoms with E-state index < -0.39 is 12.8 Å². The summed E-state index contributed by atoms with van der Waals surface area (Å²) in [5.41, 5.74) is 1.82. The van der Waals surface area contributed by atoms with Gasteiger partial charge in [-0.1, -0.05) is 12.1 Å². The van der Waals surface area contributed by atoms with E-state index in [-0.39, 0.29) is 28.8 Å². The lowest BCUT2D eigenvalue weighted by Crippen LogP contribution is -2.28. The van der Waals surface area contributed by atoms with Crippen molar-refractivity contribution in [3.05, 3.63) is 47.1 Å². The van der Waals surface area contributed by atoms with Gasteiger partial charge in [-0.2, -0.15) is 13.2 Å². The second kappa shape index (κ2) is 7.12. The summed E-state index contributed by atoms with van der Waals surface area (Å²) in [6.07, 6.45) is -3.65. The van der Waals surface area contributed by atoms with Gasteiger partial charge in [0.25, 0.3) is 0 Å². The van der Waals surface area contributed by atoms with Gasteiger partial charge in [0.05, 0.1) is 17.1 Å². The Kier molecular flexibility index (Phi) is 4.78. The summed E-state index contributed by atoms with van der Waals surface area (Å²) in [6, 6.07) is 10.6. The van der Waals surface area contributed by atoms with Crippen LogP contribution in [-0.2, 0) is 4.79 Å². The van der Waals surface area contributed by atoms with Gasteiger partial charge in [-0.25, -0.2) is 4.98 Å². The number of carbonyl (C=O) groups is 1. The molecule has 1 amide bonds. The van der Waals surface area contributed by atoms with E-state index >= 15 is 0 Å². The fourth-order valence-corrected chi connectivity index (χ4v) is 3.98. The number of nitrogens with zero attached hydrogens (tertiary/aromatic N) is 1. The largest absolute Gasteiger partial charge is 0.475 e. The highest BCUT2D eigenvalue weighted by Crippen LogP contribution is 2.47. The lowest BCUT2D eigenvalue weighted by atomic mass is 10.2. The molecule has 2 N–H and O–H groups in total. The molecule has 2 heterocycles. The summed E-state index contributed by atoms with van der Waals surface area (Å²) in [6.45, 7) is 0.477. The van der Waals surface area contributed by atoms with E-state index in [0.717, 1.165) is 39.5 Å². The van der Waals surface area contributed by atoms with Gasteiger partial charge in [-0.3, -0.25) is 4.79 Å². The van der Waals surface area contributed by atoms with Gasteiger partial charge >= 0.3 is 6.18 Å². The van der Waals surface area contributed by atoms with E-state index in [1.807, 2.05) is 24.3 Å². The Labute approximate surface area is 162 Å². The number of imidazole rings is 1. The Balaban J connectivity index is 1.33. The standard InChI is InChI=1S/C19H18F3N3O2S/c1-10(15-6-7-16(28-15)27-9-19(20,21)22)23-18(26)12-8-11(12)17-24-13-4-2-3-5-14(13)25-17/h2-7,10-12H,8-9H2,1H3,(H,23,26)(H,24,25)/t10-,11-,12-/m1/s1. The predicted molar refractivity (Wildman–Crippen MR) is 99.4 cm³/mol. The number of carbonyl (C=O) groups excluding carboxylic acids is 1. The zero-order chi connectivity index (χ0) is 19.9. The Morgan fingerprint density at radius 1 is 1.36 bits per heavy atom. The van der Waals surface area contributed by atoms with Gasteiger partial charge in [-0.05, 0) is 37.6 Å². The van der Waals surface area contributed by atoms with Crippen LogP contribution in [0.25, 0.3) is 11.0 Å². The van der Waals surface area contributed by atoms with Crippen molar-refractivity contribution < 1.29 is 22.7 Å². The van der Waals surface area contributed by atoms with E-state index in [9.17, 15) is 18.0 Å². The number of benzene rings is 1. The van der Waals surface area contributed by atoms with Crippen molar-refractivity contribution in [2.45, 2.75) is 31.5 Å². The molecular formula is C19H18F3N3O2S. The molecule has 0 spiro atoms. The van der Waals surface area contributed by atoms with E-state index in [1.54, 1.807) is 13.0 Å². The van der Waals surface area contributed by atoms with Gasteiger partial charge < -0.3 is 15.0 Å². The lowest BCUT2D eigenvalue weighted by molar-refractivity contribution is -0.152. The number of halogens is 3. The molecule has 1 aliphatic carbocycles. The summed E-state index contributed by atoms with van der Waals surface area (Å²) in [5.74, 6) is 0.648. The number of H-pyrrole nitrogens is 1. The van der Waals surface area contributed by atoms with Crippen molar-refractivity contribution in [3.8, 4) is 5.06 Å². The highest BCUT2D eigenvalue weighted by Gasteiger charge is 2.46. The normalized spacial score (nSPS) is 20.1. The number of alkyl halides is 3. The second-order valence-electron chi connectivity index (χ2n) is 6.88. The number of aromatic nitrogens is 2. The summed E-state index contributed by atoms with van der Waals surface area (Å²) in [5, 5.41) is 3.11. The first kappa shape index (κ1) is 18.8. The van der Waals surface area contributed by atoms with Crippen molar-refractivity contribution >= 4 is 28.3 Å². The average Bonchev–Trinajstić information content (AvgIpc) is 3.11. The molecule has 1 saturated carbocycles. The molecule has 0 unspecified atom stereocenters. The molecule has 4 rings (SSSR count). The third-order valence-corrected chi connectivity index (χ3v) is 5.83. The maximum Gasteiger partial charge on any atom is 0.422 e. The number of fused-ring (bicyclic) bond motifs is 1. The van der Waals surface area contributed by atoms with Crippen LogP contribution >= 0.6 is 11.3 Å². The SMILES string of the molecule is C[C@@H](NC(=O)[C@@H]1C[C@H]1c1nc2ccccc2[nH]1)c1ccc(OCC(F)(F)F)s1. The Hall–Kier alpha value is -2.55. The van der Waals surface area contributed by atoms with Gasteiger partial charge in [0, 0.05) is 16.7 Å². The van der Waals surface area contributed by atoms with E-state index in [1.165, 1.54) is 6.07 Å². The molecule has 1 aromatic carbocycles. The third kappa shape index (κ3) is 4.14. The molecule has 1 aliphatic rings. The Morgan fingerprint density at radius 3 is 2.89 bits per heavy atom. The first-order chi connectivity index (χ1) is 13.3. The molecule has 148 valence electrons. The van der Waals surface area contributed by atoms with Gasteiger partial charge in [0.1, 0.15) is 5.82 Å². The minimum Gasteiger partial charge on any atom is -0.475 e. The smallest absolute Gasteiger partial charge is 0.422 e. The first-order valence-electron chi connectivity index (χ1n) is 8.84. The maximum atomic E-state index is 12.5. The molecule has 1 fully saturated rings. The molecule has 3 aromatic rings. The molecule has 0 radical (unpaired) electrons. The van der Waals surface area contributed by atoms with Crippen molar-refractivity contribution in [2.24, 2.45) is 5.92 Å². The van der Waals surface area contributed by atoms with Crippen LogP contribution in [0.4, 0.5) is 13.2 Å². The quantitative estimate of drug-likeness (QED) is 0.628. The number of hydrogen-bond donors (Lipinski definition) is 2. The van der Waals surface area contributed by atoms with Crippen LogP contribution in [0.3, 0.4) is 0 Å². The van der Waals surface area contributed by atoms with E-state index in [0.29, 0.717) is 0 Å². The second-order valence-corrected chi connectivity index (χ2v) is 7.96. The van der Waals surface area contributed by atoms with Gasteiger partial charge in [0.15, 0.2) is 11.7 Å². The van der Waals surface area contributed by atoms with Gasteiger partial charge in [-0.15, -0.1) is 11.3 Å². The predicted octanol–water partition coefficient (Wildman–Crippen LogP) is 4.55.